The highest BCUT2D eigenvalue weighted by atomic mass is 79.9. The minimum absolute atomic E-state index is 0.635. The van der Waals surface area contributed by atoms with Crippen molar-refractivity contribution in [2.75, 3.05) is 20.1 Å². The van der Waals surface area contributed by atoms with Gasteiger partial charge in [-0.2, -0.15) is 0 Å². The second kappa shape index (κ2) is 8.35. The molecule has 0 saturated heterocycles. The maximum atomic E-state index is 5.49. The van der Waals surface area contributed by atoms with Crippen molar-refractivity contribution in [3.8, 4) is 0 Å². The van der Waals surface area contributed by atoms with E-state index in [-0.39, 0.29) is 0 Å². The minimum Gasteiger partial charge on any atom is -0.452 e. The van der Waals surface area contributed by atoms with Crippen LogP contribution in [0.1, 0.15) is 32.4 Å². The summed E-state index contributed by atoms with van der Waals surface area (Å²) < 4.78 is 7.22. The summed E-state index contributed by atoms with van der Waals surface area (Å²) in [5, 5.41) is 3.39. The molecule has 1 aromatic heterocycles. The molecule has 0 unspecified atom stereocenters. The number of rotatable bonds is 8. The first-order valence-electron chi connectivity index (χ1n) is 6.35. The number of furan rings is 1. The first kappa shape index (κ1) is 16.2. The van der Waals surface area contributed by atoms with Crippen molar-refractivity contribution in [1.29, 1.82) is 0 Å². The van der Waals surface area contributed by atoms with Gasteiger partial charge in [-0.15, -0.1) is 0 Å². The number of nitrogens with zero attached hydrogens (tertiary/aromatic N) is 1. The van der Waals surface area contributed by atoms with E-state index >= 15 is 0 Å². The lowest BCUT2D eigenvalue weighted by Gasteiger charge is -2.20. The second-order valence-corrected chi connectivity index (χ2v) is 6.37. The molecule has 0 spiro atoms. The average Bonchev–Trinajstić information content (AvgIpc) is 2.62. The van der Waals surface area contributed by atoms with Crippen LogP contribution in [-0.4, -0.2) is 31.1 Å². The molecule has 1 heterocycles. The zero-order valence-corrected chi connectivity index (χ0v) is 14.5. The van der Waals surface area contributed by atoms with E-state index in [1.165, 1.54) is 12.8 Å². The van der Waals surface area contributed by atoms with Gasteiger partial charge in [0.15, 0.2) is 4.67 Å². The summed E-state index contributed by atoms with van der Waals surface area (Å²) in [6.07, 6.45) is 2.42. The van der Waals surface area contributed by atoms with Crippen molar-refractivity contribution in [3.05, 3.63) is 21.0 Å². The summed E-state index contributed by atoms with van der Waals surface area (Å²) in [5.41, 5.74) is 0. The maximum absolute atomic E-state index is 5.49. The van der Waals surface area contributed by atoms with Crippen molar-refractivity contribution in [3.63, 3.8) is 0 Å². The fourth-order valence-electron chi connectivity index (χ4n) is 1.56. The zero-order valence-electron chi connectivity index (χ0n) is 11.3. The highest BCUT2D eigenvalue weighted by molar-refractivity contribution is 9.13. The molecule has 0 aromatic carbocycles. The van der Waals surface area contributed by atoms with Crippen LogP contribution in [0.4, 0.5) is 0 Å². The van der Waals surface area contributed by atoms with E-state index in [2.05, 4.69) is 63.0 Å². The molecule has 18 heavy (non-hydrogen) atoms. The Balaban J connectivity index is 2.05. The topological polar surface area (TPSA) is 28.4 Å². The molecule has 0 aliphatic carbocycles. The lowest BCUT2D eigenvalue weighted by atomic mass is 10.2. The van der Waals surface area contributed by atoms with Gasteiger partial charge in [-0.1, -0.05) is 0 Å². The smallest absolute Gasteiger partial charge is 0.183 e. The fraction of sp³-hybridized carbons (Fsp3) is 0.692. The highest BCUT2D eigenvalue weighted by Crippen LogP contribution is 2.26. The standard InChI is InChI=1S/C13H22Br2N2O/c1-10(2)17(3)7-5-4-6-16-9-11-8-12(14)13(15)18-11/h8,10,16H,4-7,9H2,1-3H3. The summed E-state index contributed by atoms with van der Waals surface area (Å²) in [7, 11) is 2.18. The van der Waals surface area contributed by atoms with Crippen LogP contribution in [0.15, 0.2) is 19.6 Å². The summed E-state index contributed by atoms with van der Waals surface area (Å²) in [6.45, 7) is 7.43. The SMILES string of the molecule is CC(C)N(C)CCCCNCc1cc(Br)c(Br)o1. The van der Waals surface area contributed by atoms with E-state index in [0.717, 1.165) is 34.5 Å². The highest BCUT2D eigenvalue weighted by Gasteiger charge is 2.05. The van der Waals surface area contributed by atoms with E-state index in [1.807, 2.05) is 6.07 Å². The number of hydrogen-bond acceptors (Lipinski definition) is 3. The first-order valence-corrected chi connectivity index (χ1v) is 7.94. The van der Waals surface area contributed by atoms with Crippen molar-refractivity contribution in [1.82, 2.24) is 10.2 Å². The van der Waals surface area contributed by atoms with Crippen molar-refractivity contribution < 1.29 is 4.42 Å². The van der Waals surface area contributed by atoms with Crippen LogP contribution in [0.25, 0.3) is 0 Å². The Kier molecular flexibility index (Phi) is 7.53. The number of unbranched alkanes of at least 4 members (excludes halogenated alkanes) is 1. The predicted molar refractivity (Wildman–Crippen MR) is 82.8 cm³/mol. The van der Waals surface area contributed by atoms with Crippen LogP contribution in [0, 0.1) is 0 Å². The van der Waals surface area contributed by atoms with Gasteiger partial charge in [0, 0.05) is 6.04 Å². The van der Waals surface area contributed by atoms with E-state index < -0.39 is 0 Å². The molecule has 5 heteroatoms. The largest absolute Gasteiger partial charge is 0.452 e. The van der Waals surface area contributed by atoms with E-state index in [4.69, 9.17) is 4.42 Å². The summed E-state index contributed by atoms with van der Waals surface area (Å²) in [6, 6.07) is 2.62. The number of nitrogens with one attached hydrogen (secondary N) is 1. The van der Waals surface area contributed by atoms with Gasteiger partial charge < -0.3 is 14.6 Å². The lowest BCUT2D eigenvalue weighted by molar-refractivity contribution is 0.267. The molecule has 0 fully saturated rings. The Morgan fingerprint density at radius 3 is 2.61 bits per heavy atom. The van der Waals surface area contributed by atoms with Crippen LogP contribution < -0.4 is 5.32 Å². The molecule has 0 aliphatic rings. The Morgan fingerprint density at radius 2 is 2.06 bits per heavy atom. The van der Waals surface area contributed by atoms with E-state index in [0.29, 0.717) is 6.04 Å². The Morgan fingerprint density at radius 1 is 1.33 bits per heavy atom. The summed E-state index contributed by atoms with van der Waals surface area (Å²) >= 11 is 6.74. The third kappa shape index (κ3) is 5.87. The van der Waals surface area contributed by atoms with Gasteiger partial charge in [-0.25, -0.2) is 0 Å². The molecule has 1 rings (SSSR count). The maximum Gasteiger partial charge on any atom is 0.183 e. The van der Waals surface area contributed by atoms with Gasteiger partial charge >= 0.3 is 0 Å². The molecule has 1 aromatic rings. The first-order chi connectivity index (χ1) is 8.50. The fourth-order valence-corrected chi connectivity index (χ4v) is 2.22. The number of halogens is 2. The molecule has 3 nitrogen and oxygen atoms in total. The van der Waals surface area contributed by atoms with Gasteiger partial charge in [0.2, 0.25) is 0 Å². The Labute approximate surface area is 127 Å². The van der Waals surface area contributed by atoms with E-state index in [1.54, 1.807) is 0 Å². The van der Waals surface area contributed by atoms with Crippen LogP contribution >= 0.6 is 31.9 Å². The molecule has 104 valence electrons. The molecular formula is C13H22Br2N2O. The quantitative estimate of drug-likeness (QED) is 0.689. The third-order valence-electron chi connectivity index (χ3n) is 2.99. The molecule has 0 amide bonds. The molecule has 0 aliphatic heterocycles. The Hall–Kier alpha value is 0.160. The molecule has 0 radical (unpaired) electrons. The molecular weight excluding hydrogens is 360 g/mol. The van der Waals surface area contributed by atoms with Crippen LogP contribution in [0.2, 0.25) is 0 Å². The number of hydrogen-bond donors (Lipinski definition) is 1. The average molecular weight is 382 g/mol. The lowest BCUT2D eigenvalue weighted by Crippen LogP contribution is -2.27. The molecule has 1 N–H and O–H groups in total. The van der Waals surface area contributed by atoms with Crippen LogP contribution in [0.3, 0.4) is 0 Å². The van der Waals surface area contributed by atoms with Crippen molar-refractivity contribution >= 4 is 31.9 Å². The van der Waals surface area contributed by atoms with Crippen LogP contribution in [-0.2, 0) is 6.54 Å². The van der Waals surface area contributed by atoms with Crippen molar-refractivity contribution in [2.24, 2.45) is 0 Å². The molecule has 0 bridgehead atoms. The third-order valence-corrected chi connectivity index (χ3v) is 4.70. The Bertz CT molecular complexity index is 333. The van der Waals surface area contributed by atoms with E-state index in [9.17, 15) is 0 Å². The summed E-state index contributed by atoms with van der Waals surface area (Å²) in [5.74, 6) is 0.952. The second-order valence-electron chi connectivity index (χ2n) is 4.79. The normalized spacial score (nSPS) is 11.7. The monoisotopic (exact) mass is 380 g/mol. The minimum atomic E-state index is 0.635. The van der Waals surface area contributed by atoms with Crippen molar-refractivity contribution in [2.45, 2.75) is 39.3 Å². The molecule has 0 saturated carbocycles. The zero-order chi connectivity index (χ0) is 13.5. The molecule has 0 atom stereocenters. The van der Waals surface area contributed by atoms with Gasteiger partial charge in [0.25, 0.3) is 0 Å². The predicted octanol–water partition coefficient (Wildman–Crippen LogP) is 4.01. The van der Waals surface area contributed by atoms with Crippen LogP contribution in [0.5, 0.6) is 0 Å². The van der Waals surface area contributed by atoms with Gasteiger partial charge in [0.05, 0.1) is 11.0 Å². The van der Waals surface area contributed by atoms with Gasteiger partial charge in [-0.3, -0.25) is 0 Å². The summed E-state index contributed by atoms with van der Waals surface area (Å²) in [4.78, 5) is 2.38. The van der Waals surface area contributed by atoms with Gasteiger partial charge in [-0.05, 0) is 84.8 Å². The van der Waals surface area contributed by atoms with Gasteiger partial charge in [0.1, 0.15) is 5.76 Å².